The van der Waals surface area contributed by atoms with Gasteiger partial charge in [0.15, 0.2) is 0 Å². The van der Waals surface area contributed by atoms with E-state index in [-0.39, 0.29) is 12.1 Å². The number of fused-ring (bicyclic) bond motifs is 3. The molecule has 1 N–H and O–H groups in total. The van der Waals surface area contributed by atoms with Gasteiger partial charge in [0.25, 0.3) is 0 Å². The maximum atomic E-state index is 6.63. The smallest absolute Gasteiger partial charge is 0.226 e. The molecule has 4 aromatic rings. The number of nitrogens with one attached hydrogen (secondary N) is 1. The zero-order valence-electron chi connectivity index (χ0n) is 16.8. The number of aryl methyl sites for hydroxylation is 1. The average Bonchev–Trinajstić information content (AvgIpc) is 3.26. The van der Waals surface area contributed by atoms with E-state index in [1.54, 1.807) is 6.33 Å². The molecule has 0 spiro atoms. The van der Waals surface area contributed by atoms with Crippen molar-refractivity contribution < 1.29 is 4.74 Å². The molecule has 152 valence electrons. The number of anilines is 1. The molecule has 2 atom stereocenters. The Balaban J connectivity index is 1.63. The van der Waals surface area contributed by atoms with Gasteiger partial charge in [-0.05, 0) is 42.3 Å². The van der Waals surface area contributed by atoms with Crippen molar-refractivity contribution in [1.29, 1.82) is 0 Å². The fourth-order valence-corrected chi connectivity index (χ4v) is 4.85. The van der Waals surface area contributed by atoms with Crippen LogP contribution in [0.25, 0.3) is 5.70 Å². The third-order valence-corrected chi connectivity index (χ3v) is 6.36. The van der Waals surface area contributed by atoms with Crippen LogP contribution in [-0.4, -0.2) is 14.8 Å². The van der Waals surface area contributed by atoms with E-state index in [9.17, 15) is 0 Å². The molecular formula is C25H19BrN4O. The van der Waals surface area contributed by atoms with Gasteiger partial charge in [0, 0.05) is 15.6 Å². The highest BCUT2D eigenvalue weighted by Crippen LogP contribution is 2.50. The topological polar surface area (TPSA) is 52.0 Å². The maximum absolute atomic E-state index is 6.63. The molecule has 2 aliphatic rings. The average molecular weight is 471 g/mol. The molecule has 6 heteroatoms. The van der Waals surface area contributed by atoms with Gasteiger partial charge < -0.3 is 10.1 Å². The highest BCUT2D eigenvalue weighted by atomic mass is 79.9. The van der Waals surface area contributed by atoms with Gasteiger partial charge in [0.05, 0.1) is 5.70 Å². The van der Waals surface area contributed by atoms with Gasteiger partial charge in [-0.25, -0.2) is 4.68 Å². The number of hydrogen-bond donors (Lipinski definition) is 1. The van der Waals surface area contributed by atoms with Crippen LogP contribution in [0.4, 0.5) is 5.95 Å². The van der Waals surface area contributed by atoms with Crippen molar-refractivity contribution in [2.75, 3.05) is 5.32 Å². The van der Waals surface area contributed by atoms with Gasteiger partial charge in [0.2, 0.25) is 5.95 Å². The second-order valence-electron chi connectivity index (χ2n) is 7.85. The fraction of sp³-hybridized carbons (Fsp3) is 0.120. The van der Waals surface area contributed by atoms with Crippen molar-refractivity contribution in [3.8, 4) is 5.75 Å². The molecule has 0 radical (unpaired) electrons. The first-order valence-electron chi connectivity index (χ1n) is 10.2. The zero-order valence-corrected chi connectivity index (χ0v) is 18.4. The summed E-state index contributed by atoms with van der Waals surface area (Å²) in [6.45, 7) is 2.10. The Labute approximate surface area is 188 Å². The SMILES string of the molecule is Cc1ccc([C@@H]2C3=C(Nc4ncnn42)c2ccccc2O[C@@H]3c2cccc(Br)c2)cc1. The van der Waals surface area contributed by atoms with Crippen LogP contribution >= 0.6 is 15.9 Å². The molecule has 0 bridgehead atoms. The molecule has 0 amide bonds. The fourth-order valence-electron chi connectivity index (χ4n) is 4.43. The minimum atomic E-state index is -0.265. The summed E-state index contributed by atoms with van der Waals surface area (Å²) < 4.78 is 9.60. The Hall–Kier alpha value is -3.38. The van der Waals surface area contributed by atoms with Crippen LogP contribution in [0.1, 0.15) is 34.4 Å². The van der Waals surface area contributed by atoms with Gasteiger partial charge in [-0.15, -0.1) is 0 Å². The Morgan fingerprint density at radius 3 is 2.65 bits per heavy atom. The van der Waals surface area contributed by atoms with Crippen molar-refractivity contribution >= 4 is 27.6 Å². The molecule has 0 aliphatic carbocycles. The van der Waals surface area contributed by atoms with E-state index in [1.807, 2.05) is 35.0 Å². The van der Waals surface area contributed by atoms with Gasteiger partial charge in [-0.3, -0.25) is 0 Å². The normalized spacial score (nSPS) is 19.0. The van der Waals surface area contributed by atoms with Crippen molar-refractivity contribution in [3.05, 3.63) is 111 Å². The minimum Gasteiger partial charge on any atom is -0.480 e. The van der Waals surface area contributed by atoms with E-state index in [0.717, 1.165) is 44.1 Å². The van der Waals surface area contributed by atoms with Gasteiger partial charge in [0.1, 0.15) is 24.2 Å². The summed E-state index contributed by atoms with van der Waals surface area (Å²) in [5.41, 5.74) is 6.65. The molecule has 5 nitrogen and oxygen atoms in total. The van der Waals surface area contributed by atoms with E-state index in [0.29, 0.717) is 0 Å². The van der Waals surface area contributed by atoms with Crippen LogP contribution in [0.3, 0.4) is 0 Å². The molecule has 1 aromatic heterocycles. The monoisotopic (exact) mass is 470 g/mol. The van der Waals surface area contributed by atoms with E-state index in [4.69, 9.17) is 4.74 Å². The predicted octanol–water partition coefficient (Wildman–Crippen LogP) is 5.91. The quantitative estimate of drug-likeness (QED) is 0.395. The summed E-state index contributed by atoms with van der Waals surface area (Å²) in [6.07, 6.45) is 1.33. The summed E-state index contributed by atoms with van der Waals surface area (Å²) in [5, 5.41) is 8.11. The lowest BCUT2D eigenvalue weighted by Gasteiger charge is -2.39. The lowest BCUT2D eigenvalue weighted by Crippen LogP contribution is -2.32. The molecule has 31 heavy (non-hydrogen) atoms. The zero-order chi connectivity index (χ0) is 20.9. The van der Waals surface area contributed by atoms with Gasteiger partial charge in [-0.2, -0.15) is 10.1 Å². The second kappa shape index (κ2) is 7.10. The first-order valence-corrected chi connectivity index (χ1v) is 11.0. The molecular weight excluding hydrogens is 452 g/mol. The minimum absolute atomic E-state index is 0.133. The molecule has 3 heterocycles. The van der Waals surface area contributed by atoms with Crippen molar-refractivity contribution in [3.63, 3.8) is 0 Å². The van der Waals surface area contributed by atoms with Crippen molar-refractivity contribution in [2.24, 2.45) is 0 Å². The first kappa shape index (κ1) is 18.4. The number of halogens is 1. The molecule has 0 fully saturated rings. The predicted molar refractivity (Wildman–Crippen MR) is 124 cm³/mol. The van der Waals surface area contributed by atoms with Crippen molar-refractivity contribution in [1.82, 2.24) is 14.8 Å². The summed E-state index contributed by atoms with van der Waals surface area (Å²) in [4.78, 5) is 4.48. The van der Waals surface area contributed by atoms with E-state index in [2.05, 4.69) is 80.7 Å². The van der Waals surface area contributed by atoms with Gasteiger partial charge >= 0.3 is 0 Å². The molecule has 0 unspecified atom stereocenters. The molecule has 2 aliphatic heterocycles. The summed E-state index contributed by atoms with van der Waals surface area (Å²) in [6, 6.07) is 24.9. The summed E-state index contributed by atoms with van der Waals surface area (Å²) in [7, 11) is 0. The molecule has 0 saturated heterocycles. The van der Waals surface area contributed by atoms with Crippen LogP contribution in [0.15, 0.2) is 89.2 Å². The Morgan fingerprint density at radius 2 is 1.81 bits per heavy atom. The summed E-state index contributed by atoms with van der Waals surface area (Å²) >= 11 is 3.62. The summed E-state index contributed by atoms with van der Waals surface area (Å²) in [5.74, 6) is 1.59. The first-order chi connectivity index (χ1) is 15.2. The number of para-hydroxylation sites is 1. The second-order valence-corrected chi connectivity index (χ2v) is 8.76. The number of benzene rings is 3. The molecule has 3 aromatic carbocycles. The van der Waals surface area contributed by atoms with E-state index >= 15 is 0 Å². The third kappa shape index (κ3) is 2.98. The van der Waals surface area contributed by atoms with Crippen LogP contribution in [0.2, 0.25) is 0 Å². The molecule has 6 rings (SSSR count). The largest absolute Gasteiger partial charge is 0.480 e. The highest BCUT2D eigenvalue weighted by Gasteiger charge is 2.40. The van der Waals surface area contributed by atoms with Crippen LogP contribution in [-0.2, 0) is 0 Å². The third-order valence-electron chi connectivity index (χ3n) is 5.87. The number of rotatable bonds is 2. The van der Waals surface area contributed by atoms with E-state index < -0.39 is 0 Å². The Morgan fingerprint density at radius 1 is 0.968 bits per heavy atom. The van der Waals surface area contributed by atoms with Crippen LogP contribution in [0.5, 0.6) is 5.75 Å². The standard InChI is InChI=1S/C25H19BrN4O/c1-15-9-11-16(12-10-15)23-21-22(29-25-27-14-28-30(23)25)19-7-2-3-8-20(19)31-24(21)17-5-4-6-18(26)13-17/h2-14,23-24H,1H3,(H,27,28,29)/t23-,24-/m1/s1. The Kier molecular flexibility index (Phi) is 4.21. The highest BCUT2D eigenvalue weighted by molar-refractivity contribution is 9.10. The van der Waals surface area contributed by atoms with Crippen LogP contribution < -0.4 is 10.1 Å². The van der Waals surface area contributed by atoms with Crippen molar-refractivity contribution in [2.45, 2.75) is 19.1 Å². The van der Waals surface area contributed by atoms with E-state index in [1.165, 1.54) is 5.56 Å². The number of aromatic nitrogens is 3. The number of hydrogen-bond acceptors (Lipinski definition) is 4. The van der Waals surface area contributed by atoms with Gasteiger partial charge in [-0.1, -0.05) is 70.0 Å². The lowest BCUT2D eigenvalue weighted by molar-refractivity contribution is 0.223. The number of ether oxygens (including phenoxy) is 1. The maximum Gasteiger partial charge on any atom is 0.226 e. The van der Waals surface area contributed by atoms with Crippen LogP contribution in [0, 0.1) is 6.92 Å². The number of nitrogens with zero attached hydrogens (tertiary/aromatic N) is 3. The Bertz CT molecular complexity index is 1330. The molecule has 0 saturated carbocycles. The lowest BCUT2D eigenvalue weighted by atomic mass is 9.84.